The van der Waals surface area contributed by atoms with E-state index >= 15 is 0 Å². The van der Waals surface area contributed by atoms with Gasteiger partial charge in [-0.3, -0.25) is 4.79 Å². The number of aromatic nitrogens is 2. The van der Waals surface area contributed by atoms with Gasteiger partial charge in [0, 0.05) is 38.9 Å². The number of aromatic amines is 1. The first-order chi connectivity index (χ1) is 17.0. The lowest BCUT2D eigenvalue weighted by Gasteiger charge is -2.21. The molecule has 0 atom stereocenters. The van der Waals surface area contributed by atoms with Gasteiger partial charge < -0.3 is 19.4 Å². The zero-order valence-corrected chi connectivity index (χ0v) is 22.5. The average molecular weight is 515 g/mol. The highest BCUT2D eigenvalue weighted by Crippen LogP contribution is 2.27. The van der Waals surface area contributed by atoms with Crippen molar-refractivity contribution in [3.8, 4) is 17.0 Å². The largest absolute Gasteiger partial charge is 0.497 e. The SMILES string of the molecule is COc1cc(C)c(S(=O)(=O)N(C)CCOCC(=O)N(C)Cc2ccc(-c3c[nH]c(C)n3)cc2)c(C)c1. The van der Waals surface area contributed by atoms with Crippen LogP contribution in [0.4, 0.5) is 0 Å². The highest BCUT2D eigenvalue weighted by atomic mass is 32.2. The molecule has 0 saturated heterocycles. The molecular weight excluding hydrogens is 480 g/mol. The summed E-state index contributed by atoms with van der Waals surface area (Å²) in [7, 11) is 1.05. The van der Waals surface area contributed by atoms with Gasteiger partial charge in [0.2, 0.25) is 15.9 Å². The summed E-state index contributed by atoms with van der Waals surface area (Å²) in [6.07, 6.45) is 1.86. The Labute approximate surface area is 213 Å². The van der Waals surface area contributed by atoms with Crippen molar-refractivity contribution >= 4 is 15.9 Å². The van der Waals surface area contributed by atoms with Gasteiger partial charge in [-0.15, -0.1) is 0 Å². The van der Waals surface area contributed by atoms with Gasteiger partial charge in [0.15, 0.2) is 0 Å². The van der Waals surface area contributed by atoms with E-state index in [1.165, 1.54) is 11.4 Å². The quantitative estimate of drug-likeness (QED) is 0.394. The third-order valence-electron chi connectivity index (χ3n) is 5.92. The Morgan fingerprint density at radius 1 is 1.06 bits per heavy atom. The Kier molecular flexibility index (Phi) is 8.89. The maximum absolute atomic E-state index is 13.1. The molecule has 1 N–H and O–H groups in total. The number of likely N-dealkylation sites (N-methyl/N-ethyl adjacent to an activating group) is 2. The number of nitrogens with one attached hydrogen (secondary N) is 1. The van der Waals surface area contributed by atoms with Crippen LogP contribution in [0.2, 0.25) is 0 Å². The van der Waals surface area contributed by atoms with Gasteiger partial charge in [0.05, 0.1) is 24.3 Å². The zero-order valence-electron chi connectivity index (χ0n) is 21.7. The fraction of sp³-hybridized carbons (Fsp3) is 0.385. The van der Waals surface area contributed by atoms with Crippen LogP contribution in [-0.4, -0.2) is 74.5 Å². The second-order valence-electron chi connectivity index (χ2n) is 8.79. The number of amides is 1. The summed E-state index contributed by atoms with van der Waals surface area (Å²) in [4.78, 5) is 21.8. The van der Waals surface area contributed by atoms with E-state index in [1.54, 1.807) is 45.0 Å². The van der Waals surface area contributed by atoms with Gasteiger partial charge in [0.1, 0.15) is 18.2 Å². The lowest BCUT2D eigenvalue weighted by atomic mass is 10.1. The predicted molar refractivity (Wildman–Crippen MR) is 138 cm³/mol. The second-order valence-corrected chi connectivity index (χ2v) is 10.8. The molecule has 3 rings (SSSR count). The van der Waals surface area contributed by atoms with Gasteiger partial charge in [-0.05, 0) is 49.6 Å². The van der Waals surface area contributed by atoms with Gasteiger partial charge in [-0.25, -0.2) is 13.4 Å². The molecule has 1 aromatic heterocycles. The summed E-state index contributed by atoms with van der Waals surface area (Å²) in [6, 6.07) is 11.3. The molecule has 1 amide bonds. The molecule has 0 fully saturated rings. The van der Waals surface area contributed by atoms with Crippen LogP contribution in [0.25, 0.3) is 11.3 Å². The topological polar surface area (TPSA) is 105 Å². The zero-order chi connectivity index (χ0) is 26.5. The molecule has 194 valence electrons. The number of rotatable bonds is 11. The van der Waals surface area contributed by atoms with E-state index in [4.69, 9.17) is 9.47 Å². The van der Waals surface area contributed by atoms with Crippen LogP contribution >= 0.6 is 0 Å². The van der Waals surface area contributed by atoms with Crippen LogP contribution in [0, 0.1) is 20.8 Å². The number of methoxy groups -OCH3 is 1. The fourth-order valence-electron chi connectivity index (χ4n) is 3.88. The van der Waals surface area contributed by atoms with E-state index in [0.717, 1.165) is 22.6 Å². The van der Waals surface area contributed by atoms with Crippen LogP contribution in [0.3, 0.4) is 0 Å². The lowest BCUT2D eigenvalue weighted by molar-refractivity contribution is -0.135. The number of ether oxygens (including phenoxy) is 2. The number of aryl methyl sites for hydroxylation is 3. The molecule has 0 saturated carbocycles. The molecule has 0 aliphatic rings. The van der Waals surface area contributed by atoms with E-state index in [9.17, 15) is 13.2 Å². The van der Waals surface area contributed by atoms with Crippen molar-refractivity contribution in [3.05, 3.63) is 65.1 Å². The monoisotopic (exact) mass is 514 g/mol. The minimum absolute atomic E-state index is 0.0986. The van der Waals surface area contributed by atoms with Crippen molar-refractivity contribution in [2.45, 2.75) is 32.2 Å². The maximum atomic E-state index is 13.1. The summed E-state index contributed by atoms with van der Waals surface area (Å²) >= 11 is 0. The average Bonchev–Trinajstić information content (AvgIpc) is 3.27. The number of hydrogen-bond donors (Lipinski definition) is 1. The molecule has 9 nitrogen and oxygen atoms in total. The molecule has 0 unspecified atom stereocenters. The first-order valence-corrected chi connectivity index (χ1v) is 13.0. The Morgan fingerprint density at radius 2 is 1.69 bits per heavy atom. The van der Waals surface area contributed by atoms with Crippen LogP contribution in [0.15, 0.2) is 47.5 Å². The van der Waals surface area contributed by atoms with Crippen molar-refractivity contribution in [1.29, 1.82) is 0 Å². The molecular formula is C26H34N4O5S. The molecule has 0 radical (unpaired) electrons. The van der Waals surface area contributed by atoms with E-state index in [2.05, 4.69) is 9.97 Å². The molecule has 2 aromatic carbocycles. The van der Waals surface area contributed by atoms with Crippen molar-refractivity contribution in [2.75, 3.05) is 41.0 Å². The summed E-state index contributed by atoms with van der Waals surface area (Å²) < 4.78 is 38.1. The number of carbonyl (C=O) groups excluding carboxylic acids is 1. The van der Waals surface area contributed by atoms with Gasteiger partial charge in [-0.1, -0.05) is 24.3 Å². The maximum Gasteiger partial charge on any atom is 0.248 e. The van der Waals surface area contributed by atoms with Gasteiger partial charge in [0.25, 0.3) is 0 Å². The number of benzene rings is 2. The summed E-state index contributed by atoms with van der Waals surface area (Å²) in [5.41, 5.74) is 4.09. The normalized spacial score (nSPS) is 11.6. The third kappa shape index (κ3) is 6.51. The Balaban J connectivity index is 1.48. The number of sulfonamides is 1. The minimum atomic E-state index is -3.71. The Bertz CT molecular complexity index is 1280. The predicted octanol–water partition coefficient (Wildman–Crippen LogP) is 3.31. The standard InChI is InChI=1S/C26H34N4O5S/c1-18-13-23(34-6)14-19(2)26(18)36(32,33)30(5)11-12-35-17-25(31)29(4)16-21-7-9-22(10-8-21)24-15-27-20(3)28-24/h7-10,13-15H,11-12,16-17H2,1-6H3,(H,27,28). The summed E-state index contributed by atoms with van der Waals surface area (Å²) in [5.74, 6) is 1.28. The number of hydrogen-bond acceptors (Lipinski definition) is 6. The number of imidazole rings is 1. The third-order valence-corrected chi connectivity index (χ3v) is 8.08. The molecule has 0 aliphatic heterocycles. The molecule has 0 bridgehead atoms. The molecule has 10 heteroatoms. The van der Waals surface area contributed by atoms with Crippen molar-refractivity contribution in [3.63, 3.8) is 0 Å². The van der Waals surface area contributed by atoms with E-state index in [1.807, 2.05) is 37.4 Å². The molecule has 3 aromatic rings. The summed E-state index contributed by atoms with van der Waals surface area (Å²) in [6.45, 7) is 5.92. The van der Waals surface area contributed by atoms with Crippen molar-refractivity contribution in [2.24, 2.45) is 0 Å². The molecule has 0 aliphatic carbocycles. The Morgan fingerprint density at radius 3 is 2.25 bits per heavy atom. The number of carbonyl (C=O) groups is 1. The highest BCUT2D eigenvalue weighted by Gasteiger charge is 2.25. The van der Waals surface area contributed by atoms with Crippen molar-refractivity contribution in [1.82, 2.24) is 19.2 Å². The van der Waals surface area contributed by atoms with Gasteiger partial charge >= 0.3 is 0 Å². The fourth-order valence-corrected chi connectivity index (χ4v) is 5.44. The Hall–Kier alpha value is -3.21. The molecule has 1 heterocycles. The van der Waals surface area contributed by atoms with Crippen LogP contribution in [-0.2, 0) is 26.1 Å². The first-order valence-electron chi connectivity index (χ1n) is 11.6. The second kappa shape index (κ2) is 11.7. The smallest absolute Gasteiger partial charge is 0.248 e. The van der Waals surface area contributed by atoms with Crippen molar-refractivity contribution < 1.29 is 22.7 Å². The summed E-state index contributed by atoms with van der Waals surface area (Å²) in [5, 5.41) is 0. The molecule has 36 heavy (non-hydrogen) atoms. The minimum Gasteiger partial charge on any atom is -0.497 e. The number of nitrogens with zero attached hydrogens (tertiary/aromatic N) is 3. The molecule has 0 spiro atoms. The van der Waals surface area contributed by atoms with Gasteiger partial charge in [-0.2, -0.15) is 4.31 Å². The highest BCUT2D eigenvalue weighted by molar-refractivity contribution is 7.89. The van der Waals surface area contributed by atoms with E-state index < -0.39 is 10.0 Å². The lowest BCUT2D eigenvalue weighted by Crippen LogP contribution is -2.33. The van der Waals surface area contributed by atoms with Crippen LogP contribution < -0.4 is 4.74 Å². The number of H-pyrrole nitrogens is 1. The van der Waals surface area contributed by atoms with E-state index in [-0.39, 0.29) is 30.6 Å². The first kappa shape index (κ1) is 27.4. The van der Waals surface area contributed by atoms with Crippen LogP contribution in [0.1, 0.15) is 22.5 Å². The van der Waals surface area contributed by atoms with E-state index in [0.29, 0.717) is 23.4 Å². The van der Waals surface area contributed by atoms with Crippen LogP contribution in [0.5, 0.6) is 5.75 Å².